The SMILES string of the molecule is CC(C)c1nnc2sc(C3(C)CCCCC3N)nn12. The predicted molar refractivity (Wildman–Crippen MR) is 76.5 cm³/mol. The van der Waals surface area contributed by atoms with Crippen LogP contribution in [0, 0.1) is 0 Å². The van der Waals surface area contributed by atoms with Crippen molar-refractivity contribution >= 4 is 16.3 Å². The molecule has 19 heavy (non-hydrogen) atoms. The summed E-state index contributed by atoms with van der Waals surface area (Å²) in [5.41, 5.74) is 6.35. The van der Waals surface area contributed by atoms with E-state index < -0.39 is 0 Å². The summed E-state index contributed by atoms with van der Waals surface area (Å²) in [5, 5.41) is 14.3. The second kappa shape index (κ2) is 4.52. The lowest BCUT2D eigenvalue weighted by molar-refractivity contribution is 0.269. The molecule has 3 rings (SSSR count). The van der Waals surface area contributed by atoms with Gasteiger partial charge in [-0.15, -0.1) is 10.2 Å². The van der Waals surface area contributed by atoms with E-state index in [1.54, 1.807) is 11.3 Å². The first-order chi connectivity index (χ1) is 9.02. The maximum Gasteiger partial charge on any atom is 0.234 e. The summed E-state index contributed by atoms with van der Waals surface area (Å²) in [6.45, 7) is 6.48. The Hall–Kier alpha value is -1.01. The number of aromatic nitrogens is 4. The minimum absolute atomic E-state index is 0.00212. The number of nitrogens with two attached hydrogens (primary N) is 1. The zero-order valence-electron chi connectivity index (χ0n) is 11.8. The Morgan fingerprint density at radius 1 is 1.37 bits per heavy atom. The highest BCUT2D eigenvalue weighted by Crippen LogP contribution is 2.40. The Labute approximate surface area is 117 Å². The van der Waals surface area contributed by atoms with Crippen LogP contribution in [0.2, 0.25) is 0 Å². The number of rotatable bonds is 2. The molecule has 1 fully saturated rings. The summed E-state index contributed by atoms with van der Waals surface area (Å²) >= 11 is 1.64. The minimum Gasteiger partial charge on any atom is -0.327 e. The smallest absolute Gasteiger partial charge is 0.234 e. The van der Waals surface area contributed by atoms with Crippen molar-refractivity contribution in [1.82, 2.24) is 19.8 Å². The molecule has 0 saturated heterocycles. The molecule has 0 bridgehead atoms. The van der Waals surface area contributed by atoms with Gasteiger partial charge in [-0.05, 0) is 12.8 Å². The van der Waals surface area contributed by atoms with E-state index in [0.29, 0.717) is 5.92 Å². The summed E-state index contributed by atoms with van der Waals surface area (Å²) in [4.78, 5) is 0.887. The lowest BCUT2D eigenvalue weighted by Crippen LogP contribution is -2.45. The average Bonchev–Trinajstić information content (AvgIpc) is 2.92. The Morgan fingerprint density at radius 3 is 2.84 bits per heavy atom. The zero-order valence-corrected chi connectivity index (χ0v) is 12.6. The summed E-state index contributed by atoms with van der Waals surface area (Å²) in [5.74, 6) is 1.27. The number of hydrogen-bond acceptors (Lipinski definition) is 5. The molecule has 6 heteroatoms. The van der Waals surface area contributed by atoms with Gasteiger partial charge >= 0.3 is 0 Å². The van der Waals surface area contributed by atoms with Gasteiger partial charge in [0.25, 0.3) is 0 Å². The van der Waals surface area contributed by atoms with Crippen LogP contribution in [0.3, 0.4) is 0 Å². The fourth-order valence-corrected chi connectivity index (χ4v) is 3.93. The van der Waals surface area contributed by atoms with Crippen molar-refractivity contribution in [3.05, 3.63) is 10.8 Å². The highest BCUT2D eigenvalue weighted by Gasteiger charge is 2.39. The van der Waals surface area contributed by atoms with E-state index in [2.05, 4.69) is 31.0 Å². The van der Waals surface area contributed by atoms with Crippen molar-refractivity contribution in [2.45, 2.75) is 63.8 Å². The Morgan fingerprint density at radius 2 is 2.16 bits per heavy atom. The van der Waals surface area contributed by atoms with Gasteiger partial charge in [-0.3, -0.25) is 0 Å². The summed E-state index contributed by atoms with van der Waals surface area (Å²) < 4.78 is 1.90. The van der Waals surface area contributed by atoms with Gasteiger partial charge in [-0.2, -0.15) is 9.61 Å². The molecule has 0 aliphatic heterocycles. The fraction of sp³-hybridized carbons (Fsp3) is 0.769. The van der Waals surface area contributed by atoms with Gasteiger partial charge in [-0.1, -0.05) is 44.9 Å². The van der Waals surface area contributed by atoms with E-state index >= 15 is 0 Å². The van der Waals surface area contributed by atoms with Gasteiger partial charge in [0, 0.05) is 17.4 Å². The monoisotopic (exact) mass is 279 g/mol. The molecule has 5 nitrogen and oxygen atoms in total. The van der Waals surface area contributed by atoms with Gasteiger partial charge in [-0.25, -0.2) is 0 Å². The minimum atomic E-state index is -0.00212. The van der Waals surface area contributed by atoms with Gasteiger partial charge in [0.05, 0.1) is 0 Å². The Bertz CT molecular complexity index is 587. The van der Waals surface area contributed by atoms with Crippen molar-refractivity contribution in [3.8, 4) is 0 Å². The van der Waals surface area contributed by atoms with Gasteiger partial charge in [0.15, 0.2) is 5.82 Å². The van der Waals surface area contributed by atoms with Gasteiger partial charge < -0.3 is 5.73 Å². The predicted octanol–water partition coefficient (Wildman–Crippen LogP) is 2.47. The molecule has 2 heterocycles. The van der Waals surface area contributed by atoms with E-state index in [1.165, 1.54) is 12.8 Å². The molecule has 2 unspecified atom stereocenters. The number of nitrogens with zero attached hydrogens (tertiary/aromatic N) is 4. The Balaban J connectivity index is 2.05. The standard InChI is InChI=1S/C13H21N5S/c1-8(2)10-15-16-12-18(10)17-11(19-12)13(3)7-5-4-6-9(13)14/h8-9H,4-7,14H2,1-3H3. The zero-order chi connectivity index (χ0) is 13.6. The average molecular weight is 279 g/mol. The molecule has 1 aliphatic carbocycles. The lowest BCUT2D eigenvalue weighted by Gasteiger charge is -2.37. The van der Waals surface area contributed by atoms with Crippen molar-refractivity contribution < 1.29 is 0 Å². The molecule has 0 aromatic carbocycles. The van der Waals surface area contributed by atoms with Crippen molar-refractivity contribution in [2.75, 3.05) is 0 Å². The van der Waals surface area contributed by atoms with Crippen LogP contribution in [0.15, 0.2) is 0 Å². The van der Waals surface area contributed by atoms with E-state index in [1.807, 2.05) is 4.52 Å². The molecule has 0 spiro atoms. The second-order valence-electron chi connectivity index (χ2n) is 6.08. The van der Waals surface area contributed by atoms with Crippen LogP contribution < -0.4 is 5.73 Å². The molecular weight excluding hydrogens is 258 g/mol. The normalized spacial score (nSPS) is 28.4. The van der Waals surface area contributed by atoms with Crippen LogP contribution in [-0.2, 0) is 5.41 Å². The molecule has 2 atom stereocenters. The second-order valence-corrected chi connectivity index (χ2v) is 7.04. The third kappa shape index (κ3) is 1.97. The van der Waals surface area contributed by atoms with E-state index in [0.717, 1.165) is 28.6 Å². The van der Waals surface area contributed by atoms with Gasteiger partial charge in [0.1, 0.15) is 5.01 Å². The molecule has 2 aromatic heterocycles. The highest BCUT2D eigenvalue weighted by molar-refractivity contribution is 7.16. The van der Waals surface area contributed by atoms with E-state index in [9.17, 15) is 0 Å². The van der Waals surface area contributed by atoms with E-state index in [4.69, 9.17) is 10.8 Å². The quantitative estimate of drug-likeness (QED) is 0.917. The molecule has 1 aliphatic rings. The van der Waals surface area contributed by atoms with Crippen LogP contribution in [0.1, 0.15) is 63.2 Å². The molecule has 104 valence electrons. The number of hydrogen-bond donors (Lipinski definition) is 1. The molecule has 0 amide bonds. The van der Waals surface area contributed by atoms with Crippen LogP contribution in [-0.4, -0.2) is 25.9 Å². The largest absolute Gasteiger partial charge is 0.327 e. The van der Waals surface area contributed by atoms with Crippen molar-refractivity contribution in [1.29, 1.82) is 0 Å². The maximum absolute atomic E-state index is 6.36. The van der Waals surface area contributed by atoms with Crippen LogP contribution in [0.4, 0.5) is 0 Å². The number of fused-ring (bicyclic) bond motifs is 1. The fourth-order valence-electron chi connectivity index (χ4n) is 2.85. The third-order valence-corrected chi connectivity index (χ3v) is 5.48. The molecule has 2 aromatic rings. The molecule has 2 N–H and O–H groups in total. The summed E-state index contributed by atoms with van der Waals surface area (Å²) in [7, 11) is 0. The first-order valence-electron chi connectivity index (χ1n) is 7.00. The maximum atomic E-state index is 6.36. The highest BCUT2D eigenvalue weighted by atomic mass is 32.1. The summed E-state index contributed by atoms with van der Waals surface area (Å²) in [6, 6.07) is 0.201. The first-order valence-corrected chi connectivity index (χ1v) is 7.82. The summed E-state index contributed by atoms with van der Waals surface area (Å²) in [6.07, 6.45) is 4.68. The van der Waals surface area contributed by atoms with Crippen LogP contribution in [0.5, 0.6) is 0 Å². The molecular formula is C13H21N5S. The van der Waals surface area contributed by atoms with Crippen molar-refractivity contribution in [2.24, 2.45) is 5.73 Å². The van der Waals surface area contributed by atoms with Crippen molar-refractivity contribution in [3.63, 3.8) is 0 Å². The van der Waals surface area contributed by atoms with Gasteiger partial charge in [0.2, 0.25) is 4.96 Å². The van der Waals surface area contributed by atoms with E-state index in [-0.39, 0.29) is 11.5 Å². The molecule has 1 saturated carbocycles. The lowest BCUT2D eigenvalue weighted by atomic mass is 9.72. The first kappa shape index (κ1) is 13.0. The molecule has 0 radical (unpaired) electrons. The van der Waals surface area contributed by atoms with Crippen LogP contribution >= 0.6 is 11.3 Å². The topological polar surface area (TPSA) is 69.1 Å². The van der Waals surface area contributed by atoms with Crippen LogP contribution in [0.25, 0.3) is 4.96 Å². The Kier molecular flexibility index (Phi) is 3.09. The third-order valence-electron chi connectivity index (χ3n) is 4.30.